The molecule has 0 saturated heterocycles. The Kier molecular flexibility index (Phi) is 9.10. The topological polar surface area (TPSA) is 123 Å². The lowest BCUT2D eigenvalue weighted by Crippen LogP contribution is -2.43. The summed E-state index contributed by atoms with van der Waals surface area (Å²) in [6.45, 7) is 0.682. The number of urea groups is 1. The number of anilines is 1. The van der Waals surface area contributed by atoms with Crippen molar-refractivity contribution in [2.45, 2.75) is 57.4 Å². The van der Waals surface area contributed by atoms with Gasteiger partial charge in [0, 0.05) is 24.7 Å². The second-order valence-electron chi connectivity index (χ2n) is 6.98. The Morgan fingerprint density at radius 2 is 1.75 bits per heavy atom. The number of hydrogen-bond donors (Lipinski definition) is 4. The molecule has 154 valence electrons. The van der Waals surface area contributed by atoms with Gasteiger partial charge in [-0.25, -0.2) is 4.79 Å². The van der Waals surface area contributed by atoms with Gasteiger partial charge in [-0.2, -0.15) is 0 Å². The van der Waals surface area contributed by atoms with E-state index in [2.05, 4.69) is 16.0 Å². The van der Waals surface area contributed by atoms with Crippen LogP contribution in [0.4, 0.5) is 10.5 Å². The Labute approximate surface area is 165 Å². The molecule has 1 aromatic carbocycles. The van der Waals surface area contributed by atoms with E-state index in [1.807, 2.05) is 0 Å². The molecular weight excluding hydrogens is 360 g/mol. The predicted octanol–water partition coefficient (Wildman–Crippen LogP) is 2.29. The zero-order valence-electron chi connectivity index (χ0n) is 16.2. The average molecular weight is 390 g/mol. The Morgan fingerprint density at radius 3 is 2.43 bits per heavy atom. The summed E-state index contributed by atoms with van der Waals surface area (Å²) in [7, 11) is 0. The van der Waals surface area contributed by atoms with E-state index < -0.39 is 5.91 Å². The first kappa shape index (κ1) is 21.5. The van der Waals surface area contributed by atoms with Gasteiger partial charge in [-0.1, -0.05) is 19.3 Å². The van der Waals surface area contributed by atoms with Gasteiger partial charge in [0.1, 0.15) is 5.75 Å². The highest BCUT2D eigenvalue weighted by molar-refractivity contribution is 5.90. The fourth-order valence-electron chi connectivity index (χ4n) is 3.06. The molecule has 0 bridgehead atoms. The number of carbonyl (C=O) groups excluding carboxylic acids is 3. The number of primary amides is 1. The highest BCUT2D eigenvalue weighted by Crippen LogP contribution is 2.17. The van der Waals surface area contributed by atoms with Crippen LogP contribution in [-0.2, 0) is 9.59 Å². The van der Waals surface area contributed by atoms with Crippen LogP contribution in [0.15, 0.2) is 24.3 Å². The predicted molar refractivity (Wildman–Crippen MR) is 107 cm³/mol. The summed E-state index contributed by atoms with van der Waals surface area (Å²) < 4.78 is 5.37. The molecule has 1 saturated carbocycles. The summed E-state index contributed by atoms with van der Waals surface area (Å²) >= 11 is 0. The molecule has 0 unspecified atom stereocenters. The highest BCUT2D eigenvalue weighted by atomic mass is 16.5. The maximum Gasteiger partial charge on any atom is 0.315 e. The lowest BCUT2D eigenvalue weighted by atomic mass is 9.96. The summed E-state index contributed by atoms with van der Waals surface area (Å²) in [4.78, 5) is 34.5. The van der Waals surface area contributed by atoms with E-state index in [0.717, 1.165) is 12.8 Å². The normalized spacial score (nSPS) is 14.1. The SMILES string of the molecule is NC(=O)CCOc1ccc(NC(=O)CCCNC(=O)NC2CCCCC2)cc1. The minimum Gasteiger partial charge on any atom is -0.493 e. The average Bonchev–Trinajstić information content (AvgIpc) is 2.67. The first-order valence-electron chi connectivity index (χ1n) is 9.88. The molecule has 0 aromatic heterocycles. The number of nitrogens with one attached hydrogen (secondary N) is 3. The van der Waals surface area contributed by atoms with Crippen LogP contribution in [0.2, 0.25) is 0 Å². The molecule has 0 aliphatic heterocycles. The number of benzene rings is 1. The quantitative estimate of drug-likeness (QED) is 0.458. The van der Waals surface area contributed by atoms with E-state index in [-0.39, 0.29) is 31.0 Å². The van der Waals surface area contributed by atoms with Gasteiger partial charge < -0.3 is 26.4 Å². The van der Waals surface area contributed by atoms with Gasteiger partial charge in [0.2, 0.25) is 11.8 Å². The Bertz CT molecular complexity index is 642. The number of rotatable bonds is 10. The molecule has 5 N–H and O–H groups in total. The highest BCUT2D eigenvalue weighted by Gasteiger charge is 2.15. The number of carbonyl (C=O) groups is 3. The minimum atomic E-state index is -0.412. The van der Waals surface area contributed by atoms with E-state index in [0.29, 0.717) is 30.8 Å². The van der Waals surface area contributed by atoms with Gasteiger partial charge in [-0.05, 0) is 43.5 Å². The summed E-state index contributed by atoms with van der Waals surface area (Å²) in [5.41, 5.74) is 5.71. The molecule has 4 amide bonds. The fourth-order valence-corrected chi connectivity index (χ4v) is 3.06. The van der Waals surface area contributed by atoms with Crippen molar-refractivity contribution < 1.29 is 19.1 Å². The van der Waals surface area contributed by atoms with Crippen LogP contribution in [-0.4, -0.2) is 37.0 Å². The smallest absolute Gasteiger partial charge is 0.315 e. The third-order valence-corrected chi connectivity index (χ3v) is 4.56. The van der Waals surface area contributed by atoms with Gasteiger partial charge >= 0.3 is 6.03 Å². The molecule has 8 heteroatoms. The van der Waals surface area contributed by atoms with Gasteiger partial charge in [-0.15, -0.1) is 0 Å². The molecule has 1 aliphatic carbocycles. The molecule has 0 radical (unpaired) electrons. The van der Waals surface area contributed by atoms with Crippen LogP contribution in [0.25, 0.3) is 0 Å². The van der Waals surface area contributed by atoms with Gasteiger partial charge in [0.05, 0.1) is 13.0 Å². The molecule has 0 spiro atoms. The first-order chi connectivity index (χ1) is 13.5. The third-order valence-electron chi connectivity index (χ3n) is 4.56. The molecular formula is C20H30N4O4. The molecule has 2 rings (SSSR count). The van der Waals surface area contributed by atoms with Crippen molar-refractivity contribution in [3.8, 4) is 5.75 Å². The van der Waals surface area contributed by atoms with Gasteiger partial charge in [0.15, 0.2) is 0 Å². The van der Waals surface area contributed by atoms with Crippen molar-refractivity contribution >= 4 is 23.5 Å². The number of ether oxygens (including phenoxy) is 1. The molecule has 28 heavy (non-hydrogen) atoms. The first-order valence-corrected chi connectivity index (χ1v) is 9.88. The molecule has 1 aliphatic rings. The summed E-state index contributed by atoms with van der Waals surface area (Å²) in [6, 6.07) is 7.02. The van der Waals surface area contributed by atoms with Crippen molar-refractivity contribution in [1.29, 1.82) is 0 Å². The lowest BCUT2D eigenvalue weighted by Gasteiger charge is -2.22. The maximum atomic E-state index is 12.0. The Balaban J connectivity index is 1.57. The van der Waals surface area contributed by atoms with E-state index in [4.69, 9.17) is 10.5 Å². The van der Waals surface area contributed by atoms with Gasteiger partial charge in [-0.3, -0.25) is 9.59 Å². The summed E-state index contributed by atoms with van der Waals surface area (Å²) in [5.74, 6) is 0.0779. The van der Waals surface area contributed by atoms with Crippen LogP contribution >= 0.6 is 0 Å². The second-order valence-corrected chi connectivity index (χ2v) is 6.98. The zero-order chi connectivity index (χ0) is 20.2. The van der Waals surface area contributed by atoms with Crippen molar-refractivity contribution in [1.82, 2.24) is 10.6 Å². The maximum absolute atomic E-state index is 12.0. The van der Waals surface area contributed by atoms with E-state index in [9.17, 15) is 14.4 Å². The van der Waals surface area contributed by atoms with Crippen molar-refractivity contribution in [3.05, 3.63) is 24.3 Å². The van der Waals surface area contributed by atoms with E-state index >= 15 is 0 Å². The number of hydrogen-bond acceptors (Lipinski definition) is 4. The lowest BCUT2D eigenvalue weighted by molar-refractivity contribution is -0.118. The van der Waals surface area contributed by atoms with Crippen molar-refractivity contribution in [2.24, 2.45) is 5.73 Å². The van der Waals surface area contributed by atoms with Crippen molar-refractivity contribution in [2.75, 3.05) is 18.5 Å². The molecule has 0 atom stereocenters. The molecule has 0 heterocycles. The van der Waals surface area contributed by atoms with Crippen LogP contribution in [0, 0.1) is 0 Å². The van der Waals surface area contributed by atoms with E-state index in [1.165, 1.54) is 19.3 Å². The zero-order valence-corrected chi connectivity index (χ0v) is 16.2. The van der Waals surface area contributed by atoms with Crippen LogP contribution < -0.4 is 26.4 Å². The number of nitrogens with two attached hydrogens (primary N) is 1. The molecule has 8 nitrogen and oxygen atoms in total. The standard InChI is InChI=1S/C20H30N4O4/c21-18(25)12-14-28-17-10-8-16(9-11-17)23-19(26)7-4-13-22-20(27)24-15-5-2-1-3-6-15/h8-11,15H,1-7,12-14H2,(H2,21,25)(H,23,26)(H2,22,24,27). The monoisotopic (exact) mass is 390 g/mol. The molecule has 1 fully saturated rings. The van der Waals surface area contributed by atoms with Gasteiger partial charge in [0.25, 0.3) is 0 Å². The third kappa shape index (κ3) is 8.75. The van der Waals surface area contributed by atoms with Crippen LogP contribution in [0.1, 0.15) is 51.4 Å². The van der Waals surface area contributed by atoms with Crippen LogP contribution in [0.5, 0.6) is 5.75 Å². The molecule has 1 aromatic rings. The fraction of sp³-hybridized carbons (Fsp3) is 0.550. The Morgan fingerprint density at radius 1 is 1.04 bits per heavy atom. The number of amides is 4. The minimum absolute atomic E-state index is 0.114. The van der Waals surface area contributed by atoms with E-state index in [1.54, 1.807) is 24.3 Å². The summed E-state index contributed by atoms with van der Waals surface area (Å²) in [6.07, 6.45) is 6.73. The Hall–Kier alpha value is -2.77. The largest absolute Gasteiger partial charge is 0.493 e. The summed E-state index contributed by atoms with van der Waals surface area (Å²) in [5, 5.41) is 8.59. The van der Waals surface area contributed by atoms with Crippen LogP contribution in [0.3, 0.4) is 0 Å². The second kappa shape index (κ2) is 11.8. The van der Waals surface area contributed by atoms with Crippen molar-refractivity contribution in [3.63, 3.8) is 0 Å².